The summed E-state index contributed by atoms with van der Waals surface area (Å²) in [6, 6.07) is 7.78. The third-order valence-electron chi connectivity index (χ3n) is 4.21. The van der Waals surface area contributed by atoms with Crippen molar-refractivity contribution in [2.75, 3.05) is 0 Å². The number of fused-ring (bicyclic) bond motifs is 1. The summed E-state index contributed by atoms with van der Waals surface area (Å²) >= 11 is 12.4. The molecule has 3 heterocycles. The SMILES string of the molecule is Cc1cc(-c2nncn2C)c2cccc(OCc3c(Cl)cncc3Cl)c2n1. The molecular weight excluding hydrogens is 385 g/mol. The molecule has 0 amide bonds. The van der Waals surface area contributed by atoms with Gasteiger partial charge in [0.25, 0.3) is 0 Å². The van der Waals surface area contributed by atoms with Crippen molar-refractivity contribution in [1.82, 2.24) is 24.7 Å². The van der Waals surface area contributed by atoms with E-state index in [-0.39, 0.29) is 6.61 Å². The molecule has 4 aromatic rings. The molecular formula is C19H15Cl2N5O. The molecule has 0 bridgehead atoms. The summed E-state index contributed by atoms with van der Waals surface area (Å²) in [5.74, 6) is 1.41. The van der Waals surface area contributed by atoms with E-state index in [1.54, 1.807) is 18.7 Å². The van der Waals surface area contributed by atoms with Gasteiger partial charge in [0.15, 0.2) is 5.82 Å². The van der Waals surface area contributed by atoms with Crippen LogP contribution in [0.5, 0.6) is 5.75 Å². The first kappa shape index (κ1) is 17.7. The van der Waals surface area contributed by atoms with Gasteiger partial charge in [0.2, 0.25) is 0 Å². The number of aryl methyl sites for hydroxylation is 2. The summed E-state index contributed by atoms with van der Waals surface area (Å²) in [7, 11) is 1.91. The highest BCUT2D eigenvalue weighted by Crippen LogP contribution is 2.33. The number of rotatable bonds is 4. The van der Waals surface area contributed by atoms with Crippen molar-refractivity contribution in [3.63, 3.8) is 0 Å². The average molecular weight is 400 g/mol. The van der Waals surface area contributed by atoms with Gasteiger partial charge in [-0.3, -0.25) is 4.98 Å². The lowest BCUT2D eigenvalue weighted by molar-refractivity contribution is 0.309. The molecule has 0 unspecified atom stereocenters. The molecule has 136 valence electrons. The first-order chi connectivity index (χ1) is 13.0. The van der Waals surface area contributed by atoms with Gasteiger partial charge in [0.05, 0.1) is 10.0 Å². The normalized spacial score (nSPS) is 11.1. The third-order valence-corrected chi connectivity index (χ3v) is 4.86. The maximum absolute atomic E-state index is 6.19. The van der Waals surface area contributed by atoms with Gasteiger partial charge in [0, 0.05) is 41.6 Å². The van der Waals surface area contributed by atoms with Crippen LogP contribution in [0.25, 0.3) is 22.3 Å². The van der Waals surface area contributed by atoms with Crippen LogP contribution in [0, 0.1) is 6.92 Å². The number of nitrogens with zero attached hydrogens (tertiary/aromatic N) is 5. The van der Waals surface area contributed by atoms with Crippen LogP contribution in [0.2, 0.25) is 10.0 Å². The van der Waals surface area contributed by atoms with Crippen molar-refractivity contribution >= 4 is 34.1 Å². The molecule has 0 atom stereocenters. The fourth-order valence-corrected chi connectivity index (χ4v) is 3.38. The molecule has 0 radical (unpaired) electrons. The van der Waals surface area contributed by atoms with Crippen LogP contribution in [0.3, 0.4) is 0 Å². The van der Waals surface area contributed by atoms with Crippen LogP contribution in [0.4, 0.5) is 0 Å². The largest absolute Gasteiger partial charge is 0.487 e. The third kappa shape index (κ3) is 3.34. The van der Waals surface area contributed by atoms with E-state index in [0.29, 0.717) is 21.4 Å². The van der Waals surface area contributed by atoms with E-state index < -0.39 is 0 Å². The number of benzene rings is 1. The highest BCUT2D eigenvalue weighted by Gasteiger charge is 2.15. The maximum Gasteiger partial charge on any atom is 0.164 e. The molecule has 3 aromatic heterocycles. The van der Waals surface area contributed by atoms with E-state index in [1.807, 2.05) is 42.8 Å². The van der Waals surface area contributed by atoms with E-state index in [0.717, 1.165) is 28.0 Å². The average Bonchev–Trinajstić information content (AvgIpc) is 3.06. The summed E-state index contributed by atoms with van der Waals surface area (Å²) in [4.78, 5) is 8.63. The minimum Gasteiger partial charge on any atom is -0.487 e. The zero-order chi connectivity index (χ0) is 19.0. The van der Waals surface area contributed by atoms with Gasteiger partial charge in [-0.15, -0.1) is 10.2 Å². The van der Waals surface area contributed by atoms with Gasteiger partial charge < -0.3 is 9.30 Å². The van der Waals surface area contributed by atoms with Gasteiger partial charge >= 0.3 is 0 Å². The molecule has 6 nitrogen and oxygen atoms in total. The number of hydrogen-bond donors (Lipinski definition) is 0. The quantitative estimate of drug-likeness (QED) is 0.500. The fraction of sp³-hybridized carbons (Fsp3) is 0.158. The van der Waals surface area contributed by atoms with Crippen molar-refractivity contribution in [2.24, 2.45) is 7.05 Å². The summed E-state index contributed by atoms with van der Waals surface area (Å²) in [5, 5.41) is 10.1. The monoisotopic (exact) mass is 399 g/mol. The van der Waals surface area contributed by atoms with E-state index in [2.05, 4.69) is 20.2 Å². The van der Waals surface area contributed by atoms with Gasteiger partial charge in [-0.05, 0) is 19.1 Å². The Morgan fingerprint density at radius 2 is 1.93 bits per heavy atom. The molecule has 0 saturated heterocycles. The Kier molecular flexibility index (Phi) is 4.68. The van der Waals surface area contributed by atoms with Crippen LogP contribution in [-0.2, 0) is 13.7 Å². The first-order valence-corrected chi connectivity index (χ1v) is 8.95. The Hall–Kier alpha value is -2.70. The summed E-state index contributed by atoms with van der Waals surface area (Å²) < 4.78 is 7.90. The molecule has 0 saturated carbocycles. The molecule has 4 rings (SSSR count). The molecule has 0 aliphatic rings. The minimum absolute atomic E-state index is 0.216. The molecule has 27 heavy (non-hydrogen) atoms. The molecule has 0 spiro atoms. The van der Waals surface area contributed by atoms with E-state index in [1.165, 1.54) is 0 Å². The Balaban J connectivity index is 1.79. The van der Waals surface area contributed by atoms with Gasteiger partial charge in [-0.1, -0.05) is 35.3 Å². The standard InChI is InChI=1S/C19H15Cl2N5O/c1-11-6-13(19-25-23-10-26(19)2)12-4-3-5-17(18(12)24-11)27-9-14-15(20)7-22-8-16(14)21/h3-8,10H,9H2,1-2H3. The predicted molar refractivity (Wildman–Crippen MR) is 105 cm³/mol. The minimum atomic E-state index is 0.216. The number of hydrogen-bond acceptors (Lipinski definition) is 5. The molecule has 0 aliphatic heterocycles. The summed E-state index contributed by atoms with van der Waals surface area (Å²) in [6.45, 7) is 2.15. The van der Waals surface area contributed by atoms with Crippen molar-refractivity contribution in [3.05, 3.63) is 64.3 Å². The Morgan fingerprint density at radius 3 is 2.63 bits per heavy atom. The number of pyridine rings is 2. The molecule has 1 aromatic carbocycles. The smallest absolute Gasteiger partial charge is 0.164 e. The number of para-hydroxylation sites is 1. The van der Waals surface area contributed by atoms with E-state index in [4.69, 9.17) is 27.9 Å². The number of aromatic nitrogens is 5. The van der Waals surface area contributed by atoms with Gasteiger partial charge in [-0.25, -0.2) is 4.98 Å². The van der Waals surface area contributed by atoms with Crippen LogP contribution >= 0.6 is 23.2 Å². The predicted octanol–water partition coefficient (Wildman–Crippen LogP) is 4.62. The lowest BCUT2D eigenvalue weighted by Gasteiger charge is -2.13. The lowest BCUT2D eigenvalue weighted by Crippen LogP contribution is -2.01. The van der Waals surface area contributed by atoms with Gasteiger partial charge in [0.1, 0.15) is 24.2 Å². The molecule has 0 aliphatic carbocycles. The Labute approximate surface area is 165 Å². The number of halogens is 2. The zero-order valence-electron chi connectivity index (χ0n) is 14.6. The lowest BCUT2D eigenvalue weighted by atomic mass is 10.1. The Bertz CT molecular complexity index is 1120. The van der Waals surface area contributed by atoms with Crippen LogP contribution in [0.1, 0.15) is 11.3 Å². The second-order valence-corrected chi connectivity index (χ2v) is 6.91. The van der Waals surface area contributed by atoms with Crippen molar-refractivity contribution < 1.29 is 4.74 Å². The highest BCUT2D eigenvalue weighted by atomic mass is 35.5. The van der Waals surface area contributed by atoms with E-state index >= 15 is 0 Å². The maximum atomic E-state index is 6.19. The van der Waals surface area contributed by atoms with Crippen molar-refractivity contribution in [3.8, 4) is 17.1 Å². The topological polar surface area (TPSA) is 65.7 Å². The Morgan fingerprint density at radius 1 is 1.15 bits per heavy atom. The fourth-order valence-electron chi connectivity index (χ4n) is 2.90. The van der Waals surface area contributed by atoms with Crippen molar-refractivity contribution in [1.29, 1.82) is 0 Å². The van der Waals surface area contributed by atoms with Crippen molar-refractivity contribution in [2.45, 2.75) is 13.5 Å². The van der Waals surface area contributed by atoms with Crippen LogP contribution in [-0.4, -0.2) is 24.7 Å². The zero-order valence-corrected chi connectivity index (χ0v) is 16.2. The second kappa shape index (κ2) is 7.13. The first-order valence-electron chi connectivity index (χ1n) is 8.20. The summed E-state index contributed by atoms with van der Waals surface area (Å²) in [5.41, 5.74) is 3.24. The second-order valence-electron chi connectivity index (χ2n) is 6.10. The number of ether oxygens (including phenoxy) is 1. The van der Waals surface area contributed by atoms with E-state index in [9.17, 15) is 0 Å². The molecule has 0 fully saturated rings. The molecule has 0 N–H and O–H groups in total. The summed E-state index contributed by atoms with van der Waals surface area (Å²) in [6.07, 6.45) is 4.76. The van der Waals surface area contributed by atoms with Gasteiger partial charge in [-0.2, -0.15) is 0 Å². The highest BCUT2D eigenvalue weighted by molar-refractivity contribution is 6.35. The molecule has 8 heteroatoms. The van der Waals surface area contributed by atoms with Crippen LogP contribution < -0.4 is 4.74 Å². The van der Waals surface area contributed by atoms with Crippen LogP contribution in [0.15, 0.2) is 43.0 Å².